The SMILES string of the molecule is CN(Cc1ccccc1)C1(C)CCCCC1=O.Cl. The fourth-order valence-electron chi connectivity index (χ4n) is 2.60. The summed E-state index contributed by atoms with van der Waals surface area (Å²) in [5, 5.41) is 0. The number of hydrogen-bond acceptors (Lipinski definition) is 2. The van der Waals surface area contributed by atoms with Crippen molar-refractivity contribution >= 4 is 18.2 Å². The molecule has 1 aromatic carbocycles. The van der Waals surface area contributed by atoms with E-state index in [-0.39, 0.29) is 17.9 Å². The first-order chi connectivity index (χ1) is 8.13. The topological polar surface area (TPSA) is 20.3 Å². The third kappa shape index (κ3) is 3.12. The van der Waals surface area contributed by atoms with E-state index in [1.165, 1.54) is 12.0 Å². The van der Waals surface area contributed by atoms with Gasteiger partial charge in [-0.2, -0.15) is 0 Å². The van der Waals surface area contributed by atoms with Crippen molar-refractivity contribution in [1.82, 2.24) is 4.90 Å². The molecule has 2 rings (SSSR count). The molecular weight excluding hydrogens is 246 g/mol. The van der Waals surface area contributed by atoms with Crippen LogP contribution in [0.15, 0.2) is 30.3 Å². The second kappa shape index (κ2) is 6.35. The van der Waals surface area contributed by atoms with E-state index in [1.54, 1.807) is 0 Å². The van der Waals surface area contributed by atoms with E-state index in [9.17, 15) is 4.79 Å². The number of halogens is 1. The van der Waals surface area contributed by atoms with E-state index in [0.29, 0.717) is 5.78 Å². The molecule has 0 N–H and O–H groups in total. The molecule has 0 heterocycles. The fourth-order valence-corrected chi connectivity index (χ4v) is 2.60. The van der Waals surface area contributed by atoms with E-state index >= 15 is 0 Å². The van der Waals surface area contributed by atoms with Crippen LogP contribution in [0.25, 0.3) is 0 Å². The van der Waals surface area contributed by atoms with Gasteiger partial charge in [-0.1, -0.05) is 36.8 Å². The number of likely N-dealkylation sites (N-methyl/N-ethyl adjacent to an activating group) is 1. The molecule has 1 unspecified atom stereocenters. The van der Waals surface area contributed by atoms with Gasteiger partial charge < -0.3 is 0 Å². The van der Waals surface area contributed by atoms with Gasteiger partial charge in [0.15, 0.2) is 5.78 Å². The number of hydrogen-bond donors (Lipinski definition) is 0. The molecule has 1 aliphatic carbocycles. The second-order valence-corrected chi connectivity index (χ2v) is 5.25. The summed E-state index contributed by atoms with van der Waals surface area (Å²) < 4.78 is 0. The summed E-state index contributed by atoms with van der Waals surface area (Å²) in [6.07, 6.45) is 3.97. The van der Waals surface area contributed by atoms with Crippen LogP contribution in [0.4, 0.5) is 0 Å². The van der Waals surface area contributed by atoms with E-state index in [4.69, 9.17) is 0 Å². The van der Waals surface area contributed by atoms with Crippen molar-refractivity contribution in [2.75, 3.05) is 7.05 Å². The second-order valence-electron chi connectivity index (χ2n) is 5.25. The van der Waals surface area contributed by atoms with Crippen LogP contribution >= 0.6 is 12.4 Å². The van der Waals surface area contributed by atoms with E-state index in [1.807, 2.05) is 18.2 Å². The van der Waals surface area contributed by atoms with Crippen molar-refractivity contribution in [3.8, 4) is 0 Å². The van der Waals surface area contributed by atoms with E-state index < -0.39 is 0 Å². The van der Waals surface area contributed by atoms with Gasteiger partial charge in [0, 0.05) is 13.0 Å². The number of Topliss-reactive ketones (excluding diaryl/α,β-unsaturated/α-hetero) is 1. The average molecular weight is 268 g/mol. The number of nitrogens with zero attached hydrogens (tertiary/aromatic N) is 1. The average Bonchev–Trinajstić information content (AvgIpc) is 2.34. The van der Waals surface area contributed by atoms with Crippen molar-refractivity contribution < 1.29 is 4.79 Å². The van der Waals surface area contributed by atoms with Gasteiger partial charge in [-0.25, -0.2) is 0 Å². The Kier molecular flexibility index (Phi) is 5.36. The lowest BCUT2D eigenvalue weighted by atomic mass is 9.80. The molecule has 0 amide bonds. The Hall–Kier alpha value is -0.860. The molecule has 0 radical (unpaired) electrons. The van der Waals surface area contributed by atoms with Crippen molar-refractivity contribution in [1.29, 1.82) is 0 Å². The molecular formula is C15H22ClNO. The first-order valence-corrected chi connectivity index (χ1v) is 6.41. The molecule has 18 heavy (non-hydrogen) atoms. The van der Waals surface area contributed by atoms with Gasteiger partial charge in [0.2, 0.25) is 0 Å². The molecule has 0 spiro atoms. The third-order valence-corrected chi connectivity index (χ3v) is 4.02. The van der Waals surface area contributed by atoms with Gasteiger partial charge in [0.25, 0.3) is 0 Å². The van der Waals surface area contributed by atoms with Gasteiger partial charge in [0.1, 0.15) is 0 Å². The Labute approximate surface area is 116 Å². The van der Waals surface area contributed by atoms with Gasteiger partial charge in [0.05, 0.1) is 5.54 Å². The Balaban J connectivity index is 0.00000162. The first kappa shape index (κ1) is 15.2. The number of ketones is 1. The fraction of sp³-hybridized carbons (Fsp3) is 0.533. The van der Waals surface area contributed by atoms with Crippen LogP contribution in [-0.4, -0.2) is 23.3 Å². The van der Waals surface area contributed by atoms with Crippen molar-refractivity contribution in [2.45, 2.75) is 44.7 Å². The number of benzene rings is 1. The quantitative estimate of drug-likeness (QED) is 0.836. The standard InChI is InChI=1S/C15H21NO.ClH/c1-15(11-7-6-10-14(15)17)16(2)12-13-8-4-3-5-9-13;/h3-5,8-9H,6-7,10-12H2,1-2H3;1H. The predicted octanol–water partition coefficient (Wildman–Crippen LogP) is 3.44. The zero-order chi connectivity index (χ0) is 12.3. The highest BCUT2D eigenvalue weighted by molar-refractivity contribution is 5.88. The molecule has 1 fully saturated rings. The Morgan fingerprint density at radius 1 is 1.22 bits per heavy atom. The van der Waals surface area contributed by atoms with Crippen LogP contribution in [0, 0.1) is 0 Å². The highest BCUT2D eigenvalue weighted by Crippen LogP contribution is 2.30. The predicted molar refractivity (Wildman–Crippen MR) is 77.0 cm³/mol. The molecule has 1 aliphatic rings. The lowest BCUT2D eigenvalue weighted by Gasteiger charge is -2.40. The van der Waals surface area contributed by atoms with E-state index in [2.05, 4.69) is 31.0 Å². The highest BCUT2D eigenvalue weighted by Gasteiger charge is 2.38. The number of carbonyl (C=O) groups is 1. The molecule has 0 saturated heterocycles. The van der Waals surface area contributed by atoms with Gasteiger partial charge in [-0.15, -0.1) is 12.4 Å². The molecule has 0 aromatic heterocycles. The zero-order valence-electron chi connectivity index (χ0n) is 11.2. The van der Waals surface area contributed by atoms with Gasteiger partial charge >= 0.3 is 0 Å². The minimum Gasteiger partial charge on any atom is -0.298 e. The number of carbonyl (C=O) groups excluding carboxylic acids is 1. The summed E-state index contributed by atoms with van der Waals surface area (Å²) >= 11 is 0. The minimum atomic E-state index is -0.256. The van der Waals surface area contributed by atoms with Crippen LogP contribution in [0.1, 0.15) is 38.2 Å². The van der Waals surface area contributed by atoms with Crippen molar-refractivity contribution in [3.63, 3.8) is 0 Å². The van der Waals surface area contributed by atoms with Crippen LogP contribution < -0.4 is 0 Å². The molecule has 3 heteroatoms. The van der Waals surface area contributed by atoms with Crippen LogP contribution in [0.3, 0.4) is 0 Å². The molecule has 2 nitrogen and oxygen atoms in total. The maximum absolute atomic E-state index is 12.1. The minimum absolute atomic E-state index is 0. The molecule has 1 aromatic rings. The van der Waals surface area contributed by atoms with Crippen molar-refractivity contribution in [2.24, 2.45) is 0 Å². The van der Waals surface area contributed by atoms with Gasteiger partial charge in [-0.3, -0.25) is 9.69 Å². The highest BCUT2D eigenvalue weighted by atomic mass is 35.5. The zero-order valence-corrected chi connectivity index (χ0v) is 12.0. The summed E-state index contributed by atoms with van der Waals surface area (Å²) in [7, 11) is 2.07. The number of rotatable bonds is 3. The smallest absolute Gasteiger partial charge is 0.152 e. The van der Waals surface area contributed by atoms with E-state index in [0.717, 1.165) is 25.8 Å². The van der Waals surface area contributed by atoms with Gasteiger partial charge in [-0.05, 0) is 32.4 Å². The summed E-state index contributed by atoms with van der Waals surface area (Å²) in [6.45, 7) is 2.94. The summed E-state index contributed by atoms with van der Waals surface area (Å²) in [5.41, 5.74) is 1.02. The van der Waals surface area contributed by atoms with Crippen LogP contribution in [0.2, 0.25) is 0 Å². The monoisotopic (exact) mass is 267 g/mol. The van der Waals surface area contributed by atoms with Crippen LogP contribution in [-0.2, 0) is 11.3 Å². The summed E-state index contributed by atoms with van der Waals surface area (Å²) in [6, 6.07) is 10.4. The van der Waals surface area contributed by atoms with Crippen molar-refractivity contribution in [3.05, 3.63) is 35.9 Å². The Bertz CT molecular complexity index is 393. The third-order valence-electron chi connectivity index (χ3n) is 4.02. The first-order valence-electron chi connectivity index (χ1n) is 6.41. The maximum Gasteiger partial charge on any atom is 0.152 e. The normalized spacial score (nSPS) is 23.8. The molecule has 1 atom stereocenters. The molecule has 0 bridgehead atoms. The Morgan fingerprint density at radius 3 is 2.50 bits per heavy atom. The lowest BCUT2D eigenvalue weighted by Crippen LogP contribution is -2.51. The van der Waals surface area contributed by atoms with Crippen LogP contribution in [0.5, 0.6) is 0 Å². The molecule has 0 aliphatic heterocycles. The summed E-state index contributed by atoms with van der Waals surface area (Å²) in [5.74, 6) is 0.405. The lowest BCUT2D eigenvalue weighted by molar-refractivity contribution is -0.132. The Morgan fingerprint density at radius 2 is 1.89 bits per heavy atom. The maximum atomic E-state index is 12.1. The largest absolute Gasteiger partial charge is 0.298 e. The summed E-state index contributed by atoms with van der Waals surface area (Å²) in [4.78, 5) is 14.3. The molecule has 100 valence electrons. The molecule has 1 saturated carbocycles.